The third kappa shape index (κ3) is 3.11. The summed E-state index contributed by atoms with van der Waals surface area (Å²) in [6.45, 7) is 0. The molecule has 0 fully saturated rings. The maximum atomic E-state index is 13.1. The molecule has 0 atom stereocenters. The summed E-state index contributed by atoms with van der Waals surface area (Å²) in [6.07, 6.45) is 2.46. The van der Waals surface area contributed by atoms with E-state index in [1.54, 1.807) is 0 Å². The van der Waals surface area contributed by atoms with Crippen LogP contribution >= 0.6 is 11.3 Å². The van der Waals surface area contributed by atoms with Gasteiger partial charge < -0.3 is 0 Å². The van der Waals surface area contributed by atoms with Crippen molar-refractivity contribution in [3.63, 3.8) is 0 Å². The number of pyridine rings is 1. The molecule has 0 aliphatic carbocycles. The number of nitrogens with one attached hydrogen (secondary N) is 2. The first kappa shape index (κ1) is 19.6. The fraction of sp³-hybridized carbons (Fsp3) is 0.0476. The Labute approximate surface area is 182 Å². The van der Waals surface area contributed by atoms with Crippen LogP contribution in [0.2, 0.25) is 0 Å². The van der Waals surface area contributed by atoms with Crippen LogP contribution in [0.25, 0.3) is 32.4 Å². The van der Waals surface area contributed by atoms with Gasteiger partial charge in [-0.05, 0) is 11.6 Å². The Hall–Kier alpha value is -4.38. The third-order valence-corrected chi connectivity index (χ3v) is 5.90. The van der Waals surface area contributed by atoms with Gasteiger partial charge in [0.25, 0.3) is 17.0 Å². The summed E-state index contributed by atoms with van der Waals surface area (Å²) in [7, 11) is 1.46. The number of fused-ring (bicyclic) bond motifs is 2. The Bertz CT molecular complexity index is 1700. The molecule has 0 saturated heterocycles. The average Bonchev–Trinajstić information content (AvgIpc) is 3.24. The molecule has 11 heteroatoms. The third-order valence-electron chi connectivity index (χ3n) is 5.02. The fourth-order valence-electron chi connectivity index (χ4n) is 3.38. The van der Waals surface area contributed by atoms with E-state index < -0.39 is 22.7 Å². The highest BCUT2D eigenvalue weighted by Gasteiger charge is 2.16. The summed E-state index contributed by atoms with van der Waals surface area (Å²) in [5.74, 6) is -0.660. The number of benzene rings is 1. The Balaban J connectivity index is 1.56. The summed E-state index contributed by atoms with van der Waals surface area (Å²) >= 11 is 1.34. The molecule has 0 radical (unpaired) electrons. The van der Waals surface area contributed by atoms with Crippen molar-refractivity contribution in [2.24, 2.45) is 7.05 Å². The molecule has 2 N–H and O–H groups in total. The maximum Gasteiger partial charge on any atom is 0.329 e. The van der Waals surface area contributed by atoms with Crippen LogP contribution in [-0.4, -0.2) is 30.1 Å². The normalized spacial score (nSPS) is 11.2. The highest BCUT2D eigenvalue weighted by Crippen LogP contribution is 2.30. The second-order valence-corrected chi connectivity index (χ2v) is 7.83. The number of hydrogen-bond acceptors (Lipinski definition) is 7. The van der Waals surface area contributed by atoms with E-state index in [1.807, 2.05) is 35.7 Å². The molecular formula is C21H14N6O4S. The number of nitrogens with zero attached hydrogens (tertiary/aromatic N) is 4. The zero-order chi connectivity index (χ0) is 22.4. The number of aromatic nitrogens is 5. The van der Waals surface area contributed by atoms with Gasteiger partial charge >= 0.3 is 5.69 Å². The zero-order valence-corrected chi connectivity index (χ0v) is 17.3. The monoisotopic (exact) mass is 446 g/mol. The second kappa shape index (κ2) is 7.39. The van der Waals surface area contributed by atoms with E-state index in [0.29, 0.717) is 10.2 Å². The first-order valence-electron chi connectivity index (χ1n) is 9.39. The van der Waals surface area contributed by atoms with Gasteiger partial charge in [0.2, 0.25) is 0 Å². The number of aryl methyl sites for hydroxylation is 1. The van der Waals surface area contributed by atoms with Gasteiger partial charge in [0.1, 0.15) is 16.8 Å². The van der Waals surface area contributed by atoms with Crippen LogP contribution in [0.4, 0.5) is 0 Å². The van der Waals surface area contributed by atoms with E-state index in [2.05, 4.69) is 20.4 Å². The molecule has 0 aliphatic rings. The lowest BCUT2D eigenvalue weighted by Gasteiger charge is -2.09. The second-order valence-electron chi connectivity index (χ2n) is 6.97. The number of carbonyl (C=O) groups excluding carboxylic acids is 1. The number of carbonyl (C=O) groups is 1. The van der Waals surface area contributed by atoms with Gasteiger partial charge in [0, 0.05) is 24.2 Å². The largest absolute Gasteiger partial charge is 0.329 e. The van der Waals surface area contributed by atoms with Crippen LogP contribution < -0.4 is 22.2 Å². The first-order chi connectivity index (χ1) is 15.4. The van der Waals surface area contributed by atoms with Crippen LogP contribution in [-0.2, 0) is 7.05 Å². The lowest BCUT2D eigenvalue weighted by molar-refractivity contribution is 0.101. The number of thiophene rings is 1. The average molecular weight is 446 g/mol. The van der Waals surface area contributed by atoms with E-state index in [-0.39, 0.29) is 16.6 Å². The highest BCUT2D eigenvalue weighted by molar-refractivity contribution is 7.17. The molecule has 1 aromatic carbocycles. The van der Waals surface area contributed by atoms with Gasteiger partial charge in [-0.3, -0.25) is 29.4 Å². The predicted octanol–water partition coefficient (Wildman–Crippen LogP) is 1.44. The SMILES string of the molecule is Cn1c(=O)[nH]c(=O)c2cc(C(=O)Nn3cnc4scc(-c5ccccc5)c4c3=O)cnc21. The molecule has 1 amide bonds. The van der Waals surface area contributed by atoms with Crippen molar-refractivity contribution >= 4 is 38.5 Å². The molecule has 4 heterocycles. The maximum absolute atomic E-state index is 13.1. The highest BCUT2D eigenvalue weighted by atomic mass is 32.1. The number of amides is 1. The Morgan fingerprint density at radius 1 is 1.12 bits per heavy atom. The summed E-state index contributed by atoms with van der Waals surface area (Å²) in [6, 6.07) is 10.7. The number of rotatable bonds is 3. The molecule has 5 aromatic rings. The van der Waals surface area contributed by atoms with Crippen LogP contribution in [0.15, 0.2) is 68.7 Å². The Morgan fingerprint density at radius 2 is 1.91 bits per heavy atom. The topological polar surface area (TPSA) is 132 Å². The quantitative estimate of drug-likeness (QED) is 0.431. The van der Waals surface area contributed by atoms with E-state index in [9.17, 15) is 19.2 Å². The molecule has 0 saturated carbocycles. The number of aromatic amines is 1. The van der Waals surface area contributed by atoms with Gasteiger partial charge in [-0.25, -0.2) is 19.4 Å². The Morgan fingerprint density at radius 3 is 2.69 bits per heavy atom. The van der Waals surface area contributed by atoms with Gasteiger partial charge in [-0.2, -0.15) is 0 Å². The lowest BCUT2D eigenvalue weighted by atomic mass is 10.1. The first-order valence-corrected chi connectivity index (χ1v) is 10.3. The van der Waals surface area contributed by atoms with E-state index in [0.717, 1.165) is 15.8 Å². The van der Waals surface area contributed by atoms with Crippen LogP contribution in [0.3, 0.4) is 0 Å². The molecule has 158 valence electrons. The standard InChI is InChI=1S/C21H14N6O4S/c1-26-16-13(18(29)24-21(26)31)7-12(8-22-16)17(28)25-27-10-23-19-15(20(27)30)14(9-32-19)11-5-3-2-4-6-11/h2-10H,1H3,(H,25,28)(H,24,29,31). The van der Waals surface area contributed by atoms with Gasteiger partial charge in [0.15, 0.2) is 0 Å². The van der Waals surface area contributed by atoms with Crippen LogP contribution in [0, 0.1) is 0 Å². The molecule has 5 rings (SSSR count). The van der Waals surface area contributed by atoms with Crippen LogP contribution in [0.1, 0.15) is 10.4 Å². The van der Waals surface area contributed by atoms with E-state index in [1.165, 1.54) is 41.5 Å². The molecule has 0 aliphatic heterocycles. The zero-order valence-electron chi connectivity index (χ0n) is 16.5. The molecule has 0 spiro atoms. The van der Waals surface area contributed by atoms with Gasteiger partial charge in [-0.15, -0.1) is 11.3 Å². The molecule has 4 aromatic heterocycles. The fourth-order valence-corrected chi connectivity index (χ4v) is 4.28. The lowest BCUT2D eigenvalue weighted by Crippen LogP contribution is -2.33. The van der Waals surface area contributed by atoms with Crippen LogP contribution in [0.5, 0.6) is 0 Å². The smallest absolute Gasteiger partial charge is 0.281 e. The number of hydrogen-bond donors (Lipinski definition) is 2. The van der Waals surface area contributed by atoms with E-state index >= 15 is 0 Å². The van der Waals surface area contributed by atoms with Crippen molar-refractivity contribution in [2.45, 2.75) is 0 Å². The van der Waals surface area contributed by atoms with Gasteiger partial charge in [0.05, 0.1) is 16.3 Å². The summed E-state index contributed by atoms with van der Waals surface area (Å²) < 4.78 is 2.17. The van der Waals surface area contributed by atoms with Crippen molar-refractivity contribution in [3.05, 3.63) is 91.1 Å². The summed E-state index contributed by atoms with van der Waals surface area (Å²) in [5.41, 5.74) is 2.56. The minimum atomic E-state index is -0.660. The minimum Gasteiger partial charge on any atom is -0.281 e. The molecule has 10 nitrogen and oxygen atoms in total. The predicted molar refractivity (Wildman–Crippen MR) is 121 cm³/mol. The molecule has 32 heavy (non-hydrogen) atoms. The minimum absolute atomic E-state index is 0.0437. The summed E-state index contributed by atoms with van der Waals surface area (Å²) in [4.78, 5) is 60.8. The summed E-state index contributed by atoms with van der Waals surface area (Å²) in [5, 5.41) is 2.32. The molecule has 0 bridgehead atoms. The van der Waals surface area contributed by atoms with Crippen molar-refractivity contribution in [1.82, 2.24) is 24.2 Å². The van der Waals surface area contributed by atoms with Crippen molar-refractivity contribution in [1.29, 1.82) is 0 Å². The van der Waals surface area contributed by atoms with E-state index in [4.69, 9.17) is 0 Å². The van der Waals surface area contributed by atoms with Crippen molar-refractivity contribution in [3.8, 4) is 11.1 Å². The molecular weight excluding hydrogens is 432 g/mol. The Kier molecular flexibility index (Phi) is 4.52. The number of H-pyrrole nitrogens is 1. The molecule has 0 unspecified atom stereocenters. The van der Waals surface area contributed by atoms with Gasteiger partial charge in [-0.1, -0.05) is 30.3 Å². The van der Waals surface area contributed by atoms with Crippen molar-refractivity contribution in [2.75, 3.05) is 5.43 Å². The van der Waals surface area contributed by atoms with Crippen molar-refractivity contribution < 1.29 is 4.79 Å².